The Labute approximate surface area is 322 Å². The second-order valence-corrected chi connectivity index (χ2v) is 14.3. The number of amides is 1. The Morgan fingerprint density at radius 1 is 0.774 bits per heavy atom. The van der Waals surface area contributed by atoms with Gasteiger partial charge in [0, 0.05) is 18.7 Å². The maximum Gasteiger partial charge on any atom is 0.280 e. The zero-order valence-electron chi connectivity index (χ0n) is 33.2. The van der Waals surface area contributed by atoms with Gasteiger partial charge in [-0.3, -0.25) is 14.2 Å². The van der Waals surface area contributed by atoms with Crippen molar-refractivity contribution in [1.29, 1.82) is 0 Å². The van der Waals surface area contributed by atoms with E-state index in [-0.39, 0.29) is 10.3 Å². The Morgan fingerprint density at radius 3 is 1.70 bits per heavy atom. The quantitative estimate of drug-likeness (QED) is 0.108. The third-order valence-electron chi connectivity index (χ3n) is 9.06. The highest BCUT2D eigenvalue weighted by Gasteiger charge is 2.28. The van der Waals surface area contributed by atoms with Crippen LogP contribution >= 0.6 is 12.2 Å². The molecule has 0 spiro atoms. The molecule has 0 atom stereocenters. The monoisotopic (exact) mass is 774 g/mol. The summed E-state index contributed by atoms with van der Waals surface area (Å²) in [5, 5.41) is 18.4. The van der Waals surface area contributed by atoms with Gasteiger partial charge < -0.3 is 24.0 Å². The van der Waals surface area contributed by atoms with Crippen LogP contribution in [-0.4, -0.2) is 73.0 Å². The molecule has 296 valence electrons. The standard InChI is InChI=1S/C27H32N4O6S2.2C6H15N/c1-4-6-17-29-24(32)23(25(33)30(27(29)38)18-7-5-2)12-10-8-9-11-22-19(3)28-31(26(22)34)20-13-15-21(16-14-20)39(35,36)37;2*1-4-7(5-2)6-3/h8-16,32H,4-7,17-18H2,1-3H3,(H,35,36,37);2*4-6H2,1-3H3/b9-8+,12-10+,22-11+;;. The molecule has 1 aromatic carbocycles. The summed E-state index contributed by atoms with van der Waals surface area (Å²) in [5.41, 5.74) is 0.655. The maximum atomic E-state index is 13.0. The van der Waals surface area contributed by atoms with Crippen molar-refractivity contribution in [2.24, 2.45) is 5.10 Å². The Hall–Kier alpha value is -3.69. The van der Waals surface area contributed by atoms with Gasteiger partial charge in [-0.1, -0.05) is 44.9 Å². The number of quaternary nitrogens is 2. The predicted molar refractivity (Wildman–Crippen MR) is 215 cm³/mol. The fourth-order valence-corrected chi connectivity index (χ4v) is 6.20. The molecule has 0 aliphatic carbocycles. The minimum Gasteiger partial charge on any atom is -0.859 e. The first-order valence-corrected chi connectivity index (χ1v) is 20.7. The first-order valence-electron chi connectivity index (χ1n) is 18.9. The molecule has 2 heterocycles. The van der Waals surface area contributed by atoms with Crippen LogP contribution in [0.2, 0.25) is 0 Å². The molecule has 0 saturated carbocycles. The first kappa shape index (κ1) is 47.3. The molecule has 2 N–H and O–H groups in total. The van der Waals surface area contributed by atoms with Crippen LogP contribution in [0.3, 0.4) is 0 Å². The lowest BCUT2D eigenvalue weighted by atomic mass is 10.1. The van der Waals surface area contributed by atoms with E-state index in [9.17, 15) is 27.7 Å². The first-order chi connectivity index (χ1) is 25.2. The molecule has 1 aliphatic rings. The van der Waals surface area contributed by atoms with E-state index >= 15 is 0 Å². The number of carbonyl (C=O) groups is 1. The number of anilines is 1. The largest absolute Gasteiger partial charge is 0.859 e. The number of hydrazone groups is 1. The summed E-state index contributed by atoms with van der Waals surface area (Å²) >= 11 is 5.45. The highest BCUT2D eigenvalue weighted by molar-refractivity contribution is 7.85. The van der Waals surface area contributed by atoms with Crippen molar-refractivity contribution in [1.82, 2.24) is 9.13 Å². The number of hydrogen-bond acceptors (Lipinski definition) is 8. The fraction of sp³-hybridized carbons (Fsp3) is 0.538. The van der Waals surface area contributed by atoms with Crippen LogP contribution in [0.5, 0.6) is 5.88 Å². The zero-order valence-corrected chi connectivity index (χ0v) is 34.9. The normalized spacial score (nSPS) is 14.0. The number of carbonyl (C=O) groups excluding carboxylic acids is 1. The number of aromatic nitrogens is 2. The molecule has 0 radical (unpaired) electrons. The molecule has 1 aromatic heterocycles. The van der Waals surface area contributed by atoms with Crippen LogP contribution < -0.4 is 25.5 Å². The number of rotatable bonds is 17. The molecule has 12 nitrogen and oxygen atoms in total. The highest BCUT2D eigenvalue weighted by atomic mass is 32.2. The molecule has 2 aromatic rings. The third-order valence-corrected chi connectivity index (χ3v) is 10.4. The Kier molecular flexibility index (Phi) is 22.0. The number of nitrogens with one attached hydrogen (secondary N) is 2. The van der Waals surface area contributed by atoms with Crippen molar-refractivity contribution in [3.63, 3.8) is 0 Å². The average Bonchev–Trinajstić information content (AvgIpc) is 3.43. The van der Waals surface area contributed by atoms with Gasteiger partial charge in [0.2, 0.25) is 0 Å². The molecule has 0 bridgehead atoms. The lowest BCUT2D eigenvalue weighted by Crippen LogP contribution is -3.11. The van der Waals surface area contributed by atoms with E-state index in [0.717, 1.165) is 42.8 Å². The van der Waals surface area contributed by atoms with Gasteiger partial charge in [0.05, 0.1) is 61.1 Å². The van der Waals surface area contributed by atoms with Gasteiger partial charge in [-0.05, 0) is 116 Å². The van der Waals surface area contributed by atoms with Crippen molar-refractivity contribution in [3.8, 4) is 5.88 Å². The van der Waals surface area contributed by atoms with E-state index in [1.54, 1.807) is 41.0 Å². The van der Waals surface area contributed by atoms with Crippen molar-refractivity contribution < 1.29 is 32.7 Å². The molecule has 0 fully saturated rings. The van der Waals surface area contributed by atoms with Crippen LogP contribution in [0.25, 0.3) is 6.08 Å². The Bertz CT molecular complexity index is 1760. The molecule has 1 aliphatic heterocycles. The number of unbranched alkanes of at least 4 members (excludes halogenated alkanes) is 2. The van der Waals surface area contributed by atoms with Crippen molar-refractivity contribution in [3.05, 3.63) is 74.8 Å². The van der Waals surface area contributed by atoms with Crippen LogP contribution in [0.15, 0.2) is 68.9 Å². The van der Waals surface area contributed by atoms with Crippen molar-refractivity contribution in [2.45, 2.75) is 106 Å². The van der Waals surface area contributed by atoms with Crippen molar-refractivity contribution >= 4 is 45.7 Å². The van der Waals surface area contributed by atoms with Gasteiger partial charge in [0.15, 0.2) is 4.77 Å². The van der Waals surface area contributed by atoms with Gasteiger partial charge in [-0.15, -0.1) is 0 Å². The number of benzene rings is 1. The molecular formula is C39H62N6O6S2. The highest BCUT2D eigenvalue weighted by Crippen LogP contribution is 2.25. The number of hydrogen-bond donors (Lipinski definition) is 2. The summed E-state index contributed by atoms with van der Waals surface area (Å²) in [6.07, 6.45) is 11.0. The van der Waals surface area contributed by atoms with Crippen LogP contribution in [-0.2, 0) is 28.0 Å². The summed E-state index contributed by atoms with van der Waals surface area (Å²) in [7, 11) is -4.60. The van der Waals surface area contributed by atoms with Gasteiger partial charge in [0.25, 0.3) is 11.5 Å². The van der Waals surface area contributed by atoms with Gasteiger partial charge >= 0.3 is 0 Å². The maximum absolute atomic E-state index is 13.0. The third kappa shape index (κ3) is 14.6. The SMILES string of the molecule is CCCCn1c([O-])c(/C=C/C=C/C=C2/C(=O)N(c3ccc(S(=O)(=O)[O-])cc3)N=C2C)c(=O)n(CCCC)c1=S.CC[NH+](CC)CC.CC[NH+](CC)CC. The Morgan fingerprint density at radius 2 is 1.26 bits per heavy atom. The molecule has 1 amide bonds. The van der Waals surface area contributed by atoms with Gasteiger partial charge in [-0.25, -0.2) is 8.42 Å². The van der Waals surface area contributed by atoms with Crippen molar-refractivity contribution in [2.75, 3.05) is 44.3 Å². The fourth-order valence-electron chi connectivity index (χ4n) is 5.38. The summed E-state index contributed by atoms with van der Waals surface area (Å²) in [6.45, 7) is 27.5. The van der Waals surface area contributed by atoms with Crippen LogP contribution in [0.4, 0.5) is 5.69 Å². The van der Waals surface area contributed by atoms with E-state index in [4.69, 9.17) is 12.2 Å². The predicted octanol–water partition coefficient (Wildman–Crippen LogP) is 3.74. The van der Waals surface area contributed by atoms with E-state index in [0.29, 0.717) is 30.1 Å². The van der Waals surface area contributed by atoms with E-state index < -0.39 is 32.4 Å². The summed E-state index contributed by atoms with van der Waals surface area (Å²) in [6, 6.07) is 4.89. The molecule has 0 saturated heterocycles. The minimum absolute atomic E-state index is 0.0255. The lowest BCUT2D eigenvalue weighted by molar-refractivity contribution is -0.894. The second kappa shape index (κ2) is 24.6. The topological polar surface area (TPSA) is 149 Å². The molecule has 14 heteroatoms. The number of nitrogens with zero attached hydrogens (tertiary/aromatic N) is 4. The molecule has 53 heavy (non-hydrogen) atoms. The summed E-state index contributed by atoms with van der Waals surface area (Å²) < 4.78 is 36.6. The van der Waals surface area contributed by atoms with E-state index in [2.05, 4.69) is 46.6 Å². The molecular weight excluding hydrogens is 713 g/mol. The second-order valence-electron chi connectivity index (χ2n) is 12.5. The number of allylic oxidation sites excluding steroid dienone is 4. The van der Waals surface area contributed by atoms with Gasteiger partial charge in [-0.2, -0.15) is 10.1 Å². The van der Waals surface area contributed by atoms with Gasteiger partial charge in [0.1, 0.15) is 10.1 Å². The molecule has 3 rings (SSSR count). The summed E-state index contributed by atoms with van der Waals surface area (Å²) in [4.78, 5) is 28.9. The van der Waals surface area contributed by atoms with E-state index in [1.165, 1.54) is 66.6 Å². The smallest absolute Gasteiger partial charge is 0.280 e. The molecule has 0 unspecified atom stereocenters. The Balaban J connectivity index is 0.000000845. The van der Waals surface area contributed by atoms with Crippen LogP contribution in [0, 0.1) is 4.77 Å². The minimum atomic E-state index is -4.60. The van der Waals surface area contributed by atoms with E-state index in [1.807, 2.05) is 13.8 Å². The lowest BCUT2D eigenvalue weighted by Gasteiger charge is -2.22. The zero-order chi connectivity index (χ0) is 40.1. The summed E-state index contributed by atoms with van der Waals surface area (Å²) in [5.74, 6) is -0.855. The van der Waals surface area contributed by atoms with Crippen LogP contribution in [0.1, 0.15) is 93.6 Å². The average molecular weight is 775 g/mol.